The Labute approximate surface area is 104 Å². The second kappa shape index (κ2) is 4.03. The molecular formula is C13H12N4O. The summed E-state index contributed by atoms with van der Waals surface area (Å²) in [6.45, 7) is 0. The molecule has 18 heavy (non-hydrogen) atoms. The quantitative estimate of drug-likeness (QED) is 0.744. The number of ether oxygens (including phenoxy) is 1. The third kappa shape index (κ3) is 1.57. The number of methoxy groups -OCH3 is 1. The van der Waals surface area contributed by atoms with Crippen molar-refractivity contribution in [1.29, 1.82) is 0 Å². The number of rotatable bonds is 2. The van der Waals surface area contributed by atoms with Crippen LogP contribution in [0.1, 0.15) is 0 Å². The molecule has 0 amide bonds. The highest BCUT2D eigenvalue weighted by molar-refractivity contribution is 5.71. The summed E-state index contributed by atoms with van der Waals surface area (Å²) in [4.78, 5) is 4.21. The highest BCUT2D eigenvalue weighted by Crippen LogP contribution is 2.30. The van der Waals surface area contributed by atoms with E-state index in [-0.39, 0.29) is 0 Å². The maximum absolute atomic E-state index is 5.82. The third-order valence-corrected chi connectivity index (χ3v) is 2.76. The Morgan fingerprint density at radius 3 is 2.89 bits per heavy atom. The summed E-state index contributed by atoms with van der Waals surface area (Å²) in [5.41, 5.74) is 8.33. The number of hydrogen-bond donors (Lipinski definition) is 1. The average Bonchev–Trinajstić information content (AvgIpc) is 2.85. The van der Waals surface area contributed by atoms with E-state index < -0.39 is 0 Å². The van der Waals surface area contributed by atoms with Crippen LogP contribution in [0.15, 0.2) is 42.6 Å². The molecule has 2 aromatic heterocycles. The van der Waals surface area contributed by atoms with Gasteiger partial charge >= 0.3 is 0 Å². The lowest BCUT2D eigenvalue weighted by molar-refractivity contribution is 0.416. The van der Waals surface area contributed by atoms with Crippen LogP contribution in [0, 0.1) is 0 Å². The van der Waals surface area contributed by atoms with Gasteiger partial charge in [-0.2, -0.15) is 5.10 Å². The Balaban J connectivity index is 2.34. The summed E-state index contributed by atoms with van der Waals surface area (Å²) in [6.07, 6.45) is 1.70. The molecule has 0 spiro atoms. The standard InChI is InChI=1S/C13H12N4O/c1-18-11-5-3-2-4-9(11)10-8-12(14)16-13-6-7-15-17(10)13/h2-8H,1H3,(H2,14,16). The Kier molecular flexibility index (Phi) is 2.37. The molecule has 0 aliphatic heterocycles. The maximum Gasteiger partial charge on any atom is 0.158 e. The number of anilines is 1. The summed E-state index contributed by atoms with van der Waals surface area (Å²) >= 11 is 0. The van der Waals surface area contributed by atoms with Gasteiger partial charge in [-0.1, -0.05) is 12.1 Å². The summed E-state index contributed by atoms with van der Waals surface area (Å²) < 4.78 is 7.11. The molecule has 5 heteroatoms. The molecular weight excluding hydrogens is 228 g/mol. The Morgan fingerprint density at radius 2 is 2.06 bits per heavy atom. The van der Waals surface area contributed by atoms with Crippen LogP contribution >= 0.6 is 0 Å². The second-order valence-corrected chi connectivity index (χ2v) is 3.87. The van der Waals surface area contributed by atoms with Gasteiger partial charge in [0.1, 0.15) is 11.6 Å². The number of para-hydroxylation sites is 1. The number of nitrogens with two attached hydrogens (primary N) is 1. The minimum atomic E-state index is 0.462. The van der Waals surface area contributed by atoms with Crippen molar-refractivity contribution in [3.63, 3.8) is 0 Å². The molecule has 0 radical (unpaired) electrons. The van der Waals surface area contributed by atoms with Crippen molar-refractivity contribution in [2.75, 3.05) is 12.8 Å². The van der Waals surface area contributed by atoms with Crippen LogP contribution in [0.5, 0.6) is 5.75 Å². The van der Waals surface area contributed by atoms with E-state index in [1.165, 1.54) is 0 Å². The van der Waals surface area contributed by atoms with E-state index in [1.54, 1.807) is 23.9 Å². The summed E-state index contributed by atoms with van der Waals surface area (Å²) in [6, 6.07) is 11.3. The van der Waals surface area contributed by atoms with Crippen molar-refractivity contribution in [2.24, 2.45) is 0 Å². The largest absolute Gasteiger partial charge is 0.496 e. The van der Waals surface area contributed by atoms with Crippen LogP contribution in [-0.4, -0.2) is 21.7 Å². The van der Waals surface area contributed by atoms with Gasteiger partial charge in [-0.25, -0.2) is 9.50 Å². The number of hydrogen-bond acceptors (Lipinski definition) is 4. The number of benzene rings is 1. The Bertz CT molecular complexity index is 705. The lowest BCUT2D eigenvalue weighted by atomic mass is 10.1. The molecule has 5 nitrogen and oxygen atoms in total. The first-order valence-electron chi connectivity index (χ1n) is 5.53. The van der Waals surface area contributed by atoms with Gasteiger partial charge in [0.15, 0.2) is 5.65 Å². The lowest BCUT2D eigenvalue weighted by Gasteiger charge is -2.10. The van der Waals surface area contributed by atoms with Gasteiger partial charge < -0.3 is 10.5 Å². The number of nitrogens with zero attached hydrogens (tertiary/aromatic N) is 3. The van der Waals surface area contributed by atoms with E-state index in [0.29, 0.717) is 5.82 Å². The minimum absolute atomic E-state index is 0.462. The monoisotopic (exact) mass is 240 g/mol. The number of nitrogen functional groups attached to an aromatic ring is 1. The van der Waals surface area contributed by atoms with Crippen molar-refractivity contribution >= 4 is 11.5 Å². The van der Waals surface area contributed by atoms with E-state index in [1.807, 2.05) is 30.3 Å². The van der Waals surface area contributed by atoms with Gasteiger partial charge in [-0.05, 0) is 12.1 Å². The van der Waals surface area contributed by atoms with Crippen LogP contribution in [0.25, 0.3) is 16.9 Å². The minimum Gasteiger partial charge on any atom is -0.496 e. The van der Waals surface area contributed by atoms with E-state index in [9.17, 15) is 0 Å². The molecule has 0 unspecified atom stereocenters. The van der Waals surface area contributed by atoms with Crippen molar-refractivity contribution < 1.29 is 4.74 Å². The zero-order chi connectivity index (χ0) is 12.5. The first-order chi connectivity index (χ1) is 8.79. The fraction of sp³-hybridized carbons (Fsp3) is 0.0769. The number of fused-ring (bicyclic) bond motifs is 1. The highest BCUT2D eigenvalue weighted by Gasteiger charge is 2.11. The molecule has 0 fully saturated rings. The van der Waals surface area contributed by atoms with Crippen LogP contribution < -0.4 is 10.5 Å². The highest BCUT2D eigenvalue weighted by atomic mass is 16.5. The molecule has 0 atom stereocenters. The van der Waals surface area contributed by atoms with Crippen molar-refractivity contribution in [1.82, 2.24) is 14.6 Å². The van der Waals surface area contributed by atoms with E-state index in [0.717, 1.165) is 22.7 Å². The summed E-state index contributed by atoms with van der Waals surface area (Å²) in [5, 5.41) is 4.25. The molecule has 0 aliphatic carbocycles. The molecule has 0 bridgehead atoms. The Morgan fingerprint density at radius 1 is 1.22 bits per heavy atom. The zero-order valence-electron chi connectivity index (χ0n) is 9.87. The second-order valence-electron chi connectivity index (χ2n) is 3.87. The van der Waals surface area contributed by atoms with E-state index in [4.69, 9.17) is 10.5 Å². The average molecular weight is 240 g/mol. The fourth-order valence-electron chi connectivity index (χ4n) is 1.98. The predicted molar refractivity (Wildman–Crippen MR) is 69.4 cm³/mol. The maximum atomic E-state index is 5.82. The molecule has 1 aromatic carbocycles. The van der Waals surface area contributed by atoms with Gasteiger partial charge in [0.05, 0.1) is 19.0 Å². The topological polar surface area (TPSA) is 65.4 Å². The van der Waals surface area contributed by atoms with Gasteiger partial charge in [-0.15, -0.1) is 0 Å². The van der Waals surface area contributed by atoms with E-state index >= 15 is 0 Å². The van der Waals surface area contributed by atoms with Crippen molar-refractivity contribution in [3.05, 3.63) is 42.6 Å². The van der Waals surface area contributed by atoms with Crippen LogP contribution in [0.2, 0.25) is 0 Å². The van der Waals surface area contributed by atoms with Crippen LogP contribution in [0.4, 0.5) is 5.82 Å². The molecule has 0 aliphatic rings. The molecule has 2 N–H and O–H groups in total. The van der Waals surface area contributed by atoms with Crippen molar-refractivity contribution in [3.8, 4) is 17.0 Å². The first-order valence-corrected chi connectivity index (χ1v) is 5.53. The normalized spacial score (nSPS) is 10.7. The van der Waals surface area contributed by atoms with Crippen LogP contribution in [-0.2, 0) is 0 Å². The van der Waals surface area contributed by atoms with Crippen LogP contribution in [0.3, 0.4) is 0 Å². The fourth-order valence-corrected chi connectivity index (χ4v) is 1.98. The molecule has 3 rings (SSSR count). The number of aromatic nitrogens is 3. The lowest BCUT2D eigenvalue weighted by Crippen LogP contribution is -2.01. The van der Waals surface area contributed by atoms with Gasteiger partial charge in [-0.3, -0.25) is 0 Å². The molecule has 90 valence electrons. The molecule has 2 heterocycles. The van der Waals surface area contributed by atoms with Gasteiger partial charge in [0, 0.05) is 17.7 Å². The molecule has 0 saturated heterocycles. The first kappa shape index (κ1) is 10.6. The summed E-state index contributed by atoms with van der Waals surface area (Å²) in [7, 11) is 1.64. The molecule has 3 aromatic rings. The SMILES string of the molecule is COc1ccccc1-c1cc(N)nc2ccnn12. The smallest absolute Gasteiger partial charge is 0.158 e. The van der Waals surface area contributed by atoms with E-state index in [2.05, 4.69) is 10.1 Å². The van der Waals surface area contributed by atoms with Gasteiger partial charge in [0.2, 0.25) is 0 Å². The third-order valence-electron chi connectivity index (χ3n) is 2.76. The molecule has 0 saturated carbocycles. The Hall–Kier alpha value is -2.56. The predicted octanol–water partition coefficient (Wildman–Crippen LogP) is 1.99. The zero-order valence-corrected chi connectivity index (χ0v) is 9.87. The van der Waals surface area contributed by atoms with Crippen molar-refractivity contribution in [2.45, 2.75) is 0 Å². The van der Waals surface area contributed by atoms with Gasteiger partial charge in [0.25, 0.3) is 0 Å². The summed E-state index contributed by atoms with van der Waals surface area (Å²) in [5.74, 6) is 1.24.